The van der Waals surface area contributed by atoms with Gasteiger partial charge in [-0.15, -0.1) is 0 Å². The van der Waals surface area contributed by atoms with Gasteiger partial charge in [0, 0.05) is 17.1 Å². The SMILES string of the molecule is Nc1oc2c(-c3ccccc3Cl)nccc2c1N. The molecule has 18 heavy (non-hydrogen) atoms. The largest absolute Gasteiger partial charge is 0.436 e. The van der Waals surface area contributed by atoms with Crippen LogP contribution in [-0.2, 0) is 0 Å². The standard InChI is InChI=1S/C13H10ClN3O/c14-9-4-2-1-3-7(9)11-12-8(5-6-17-11)10(15)13(16)18-12/h1-6H,15-16H2. The van der Waals surface area contributed by atoms with Crippen LogP contribution in [0.1, 0.15) is 0 Å². The summed E-state index contributed by atoms with van der Waals surface area (Å²) in [4.78, 5) is 4.30. The first-order valence-electron chi connectivity index (χ1n) is 5.36. The van der Waals surface area contributed by atoms with Gasteiger partial charge in [-0.1, -0.05) is 29.8 Å². The molecule has 0 unspecified atom stereocenters. The van der Waals surface area contributed by atoms with E-state index in [4.69, 9.17) is 27.5 Å². The maximum atomic E-state index is 6.16. The van der Waals surface area contributed by atoms with Crippen LogP contribution in [-0.4, -0.2) is 4.98 Å². The number of fused-ring (bicyclic) bond motifs is 1. The number of aromatic nitrogens is 1. The minimum absolute atomic E-state index is 0.200. The van der Waals surface area contributed by atoms with Gasteiger partial charge >= 0.3 is 0 Å². The van der Waals surface area contributed by atoms with E-state index < -0.39 is 0 Å². The first kappa shape index (κ1) is 10.9. The number of furan rings is 1. The van der Waals surface area contributed by atoms with Crippen molar-refractivity contribution in [3.05, 3.63) is 41.6 Å². The molecule has 0 atom stereocenters. The van der Waals surface area contributed by atoms with Gasteiger partial charge in [0.25, 0.3) is 0 Å². The molecule has 90 valence electrons. The third-order valence-corrected chi connectivity index (χ3v) is 3.13. The number of nitrogens with zero attached hydrogens (tertiary/aromatic N) is 1. The van der Waals surface area contributed by atoms with Crippen molar-refractivity contribution in [3.8, 4) is 11.3 Å². The van der Waals surface area contributed by atoms with Crippen LogP contribution >= 0.6 is 11.6 Å². The predicted molar refractivity (Wildman–Crippen MR) is 73.3 cm³/mol. The summed E-state index contributed by atoms with van der Waals surface area (Å²) in [6, 6.07) is 9.19. The molecule has 3 aromatic rings. The van der Waals surface area contributed by atoms with Gasteiger partial charge in [-0.25, -0.2) is 0 Å². The van der Waals surface area contributed by atoms with Crippen molar-refractivity contribution >= 4 is 34.1 Å². The summed E-state index contributed by atoms with van der Waals surface area (Å²) in [6.45, 7) is 0. The number of hydrogen-bond acceptors (Lipinski definition) is 4. The number of halogens is 1. The molecule has 0 radical (unpaired) electrons. The molecule has 0 aliphatic carbocycles. The van der Waals surface area contributed by atoms with Crippen LogP contribution in [0.3, 0.4) is 0 Å². The van der Waals surface area contributed by atoms with E-state index in [1.165, 1.54) is 0 Å². The molecule has 2 aromatic heterocycles. The Morgan fingerprint density at radius 2 is 1.89 bits per heavy atom. The molecular formula is C13H10ClN3O. The van der Waals surface area contributed by atoms with Crippen LogP contribution in [0.5, 0.6) is 0 Å². The van der Waals surface area contributed by atoms with Crippen molar-refractivity contribution < 1.29 is 4.42 Å². The average molecular weight is 260 g/mol. The third kappa shape index (κ3) is 1.50. The van der Waals surface area contributed by atoms with Crippen LogP contribution in [0.25, 0.3) is 22.2 Å². The Bertz CT molecular complexity index is 736. The highest BCUT2D eigenvalue weighted by atomic mass is 35.5. The van der Waals surface area contributed by atoms with E-state index >= 15 is 0 Å². The Kier molecular flexibility index (Phi) is 2.38. The molecule has 0 aliphatic rings. The van der Waals surface area contributed by atoms with E-state index in [9.17, 15) is 0 Å². The molecule has 0 fully saturated rings. The van der Waals surface area contributed by atoms with Gasteiger partial charge in [-0.2, -0.15) is 0 Å². The summed E-state index contributed by atoms with van der Waals surface area (Å²) in [5, 5.41) is 1.35. The molecule has 0 spiro atoms. The highest BCUT2D eigenvalue weighted by Crippen LogP contribution is 2.37. The first-order chi connectivity index (χ1) is 8.68. The van der Waals surface area contributed by atoms with Crippen molar-refractivity contribution in [1.82, 2.24) is 4.98 Å². The highest BCUT2D eigenvalue weighted by molar-refractivity contribution is 6.33. The number of nitrogens with two attached hydrogens (primary N) is 2. The second-order valence-electron chi connectivity index (χ2n) is 3.90. The summed E-state index contributed by atoms with van der Waals surface area (Å²) >= 11 is 6.16. The zero-order valence-electron chi connectivity index (χ0n) is 9.35. The lowest BCUT2D eigenvalue weighted by Gasteiger charge is -2.03. The van der Waals surface area contributed by atoms with Crippen LogP contribution in [0, 0.1) is 0 Å². The minimum atomic E-state index is 0.200. The summed E-state index contributed by atoms with van der Waals surface area (Å²) in [6.07, 6.45) is 1.66. The van der Waals surface area contributed by atoms with Crippen molar-refractivity contribution in [2.24, 2.45) is 0 Å². The third-order valence-electron chi connectivity index (χ3n) is 2.80. The molecule has 0 aliphatic heterocycles. The number of benzene rings is 1. The number of hydrogen-bond donors (Lipinski definition) is 2. The highest BCUT2D eigenvalue weighted by Gasteiger charge is 2.15. The average Bonchev–Trinajstić information content (AvgIpc) is 2.67. The van der Waals surface area contributed by atoms with Gasteiger partial charge in [0.1, 0.15) is 11.4 Å². The maximum Gasteiger partial charge on any atom is 0.214 e. The lowest BCUT2D eigenvalue weighted by molar-refractivity contribution is 0.638. The van der Waals surface area contributed by atoms with E-state index in [1.807, 2.05) is 18.2 Å². The number of anilines is 2. The molecule has 2 heterocycles. The van der Waals surface area contributed by atoms with Crippen molar-refractivity contribution in [1.29, 1.82) is 0 Å². The number of nitrogen functional groups attached to an aromatic ring is 2. The van der Waals surface area contributed by atoms with Gasteiger partial charge in [0.05, 0.1) is 5.02 Å². The Hall–Kier alpha value is -2.20. The van der Waals surface area contributed by atoms with Gasteiger partial charge < -0.3 is 15.9 Å². The molecule has 0 amide bonds. The Morgan fingerprint density at radius 1 is 1.11 bits per heavy atom. The Balaban J connectivity index is 2.37. The van der Waals surface area contributed by atoms with E-state index in [2.05, 4.69) is 4.98 Å². The second kappa shape index (κ2) is 3.92. The van der Waals surface area contributed by atoms with Crippen molar-refractivity contribution in [2.75, 3.05) is 11.5 Å². The van der Waals surface area contributed by atoms with E-state index in [-0.39, 0.29) is 5.88 Å². The number of rotatable bonds is 1. The molecule has 4 N–H and O–H groups in total. The van der Waals surface area contributed by atoms with E-state index in [0.717, 1.165) is 10.9 Å². The quantitative estimate of drug-likeness (QED) is 0.703. The first-order valence-corrected chi connectivity index (χ1v) is 5.73. The second-order valence-corrected chi connectivity index (χ2v) is 4.30. The number of pyridine rings is 1. The molecule has 0 saturated heterocycles. The zero-order chi connectivity index (χ0) is 12.7. The molecule has 1 aromatic carbocycles. The Morgan fingerprint density at radius 3 is 2.67 bits per heavy atom. The monoisotopic (exact) mass is 259 g/mol. The molecule has 5 heteroatoms. The molecule has 4 nitrogen and oxygen atoms in total. The minimum Gasteiger partial charge on any atom is -0.436 e. The summed E-state index contributed by atoms with van der Waals surface area (Å²) in [7, 11) is 0. The normalized spacial score (nSPS) is 10.9. The summed E-state index contributed by atoms with van der Waals surface area (Å²) in [5.74, 6) is 0.200. The van der Waals surface area contributed by atoms with Crippen LogP contribution in [0.4, 0.5) is 11.6 Å². The fourth-order valence-corrected chi connectivity index (χ4v) is 2.13. The van der Waals surface area contributed by atoms with Crippen molar-refractivity contribution in [3.63, 3.8) is 0 Å². The topological polar surface area (TPSA) is 78.1 Å². The molecule has 3 rings (SSSR count). The van der Waals surface area contributed by atoms with E-state index in [0.29, 0.717) is 22.0 Å². The lowest BCUT2D eigenvalue weighted by Crippen LogP contribution is -1.89. The fourth-order valence-electron chi connectivity index (χ4n) is 1.91. The van der Waals surface area contributed by atoms with Gasteiger partial charge in [0.15, 0.2) is 5.58 Å². The smallest absolute Gasteiger partial charge is 0.214 e. The van der Waals surface area contributed by atoms with E-state index in [1.54, 1.807) is 18.3 Å². The fraction of sp³-hybridized carbons (Fsp3) is 0. The van der Waals surface area contributed by atoms with Gasteiger partial charge in [0.2, 0.25) is 5.88 Å². The van der Waals surface area contributed by atoms with Gasteiger partial charge in [-0.05, 0) is 12.1 Å². The summed E-state index contributed by atoms with van der Waals surface area (Å²) in [5.41, 5.74) is 13.9. The van der Waals surface area contributed by atoms with Gasteiger partial charge in [-0.3, -0.25) is 4.98 Å². The van der Waals surface area contributed by atoms with Crippen LogP contribution < -0.4 is 11.5 Å². The Labute approximate surface area is 108 Å². The summed E-state index contributed by atoms with van der Waals surface area (Å²) < 4.78 is 5.47. The van der Waals surface area contributed by atoms with Crippen molar-refractivity contribution in [2.45, 2.75) is 0 Å². The molecule has 0 saturated carbocycles. The zero-order valence-corrected chi connectivity index (χ0v) is 10.1. The molecular weight excluding hydrogens is 250 g/mol. The predicted octanol–water partition coefficient (Wildman–Crippen LogP) is 3.31. The maximum absolute atomic E-state index is 6.16. The van der Waals surface area contributed by atoms with Crippen LogP contribution in [0.2, 0.25) is 5.02 Å². The lowest BCUT2D eigenvalue weighted by atomic mass is 10.1. The van der Waals surface area contributed by atoms with Crippen LogP contribution in [0.15, 0.2) is 40.9 Å². The molecule has 0 bridgehead atoms.